The molecule has 3 N–H and O–H groups in total. The summed E-state index contributed by atoms with van der Waals surface area (Å²) in [7, 11) is 0. The molecule has 0 saturated carbocycles. The summed E-state index contributed by atoms with van der Waals surface area (Å²) in [6.07, 6.45) is 7.31. The number of imidazole rings is 1. The molecule has 2 aromatic rings. The van der Waals surface area contributed by atoms with Crippen LogP contribution in [0, 0.1) is 5.92 Å². The second-order valence-electron chi connectivity index (χ2n) is 9.34. The molecule has 3 aliphatic rings. The van der Waals surface area contributed by atoms with Gasteiger partial charge >= 0.3 is 0 Å². The number of carbonyl (C=O) groups is 1. The van der Waals surface area contributed by atoms with Crippen LogP contribution in [-0.4, -0.2) is 34.6 Å². The molecule has 1 saturated heterocycles. The molecule has 166 valence electrons. The Kier molecular flexibility index (Phi) is 5.61. The number of anilines is 1. The van der Waals surface area contributed by atoms with Gasteiger partial charge in [0.15, 0.2) is 6.10 Å². The van der Waals surface area contributed by atoms with Crippen molar-refractivity contribution in [3.05, 3.63) is 41.5 Å². The van der Waals surface area contributed by atoms with Gasteiger partial charge in [-0.1, -0.05) is 19.9 Å². The Hall–Kier alpha value is -2.54. The topological polar surface area (TPSA) is 80.2 Å². The molecule has 3 atom stereocenters. The first-order chi connectivity index (χ1) is 15.1. The average molecular weight is 424 g/mol. The number of hydrogen-bond acceptors (Lipinski definition) is 5. The van der Waals surface area contributed by atoms with Crippen molar-refractivity contribution in [1.29, 1.82) is 0 Å². The van der Waals surface area contributed by atoms with E-state index in [-0.39, 0.29) is 30.0 Å². The number of piperidine rings is 1. The van der Waals surface area contributed by atoms with Crippen LogP contribution in [0.2, 0.25) is 0 Å². The lowest BCUT2D eigenvalue weighted by molar-refractivity contribution is -0.124. The van der Waals surface area contributed by atoms with E-state index >= 15 is 0 Å². The molecule has 1 fully saturated rings. The Morgan fingerprint density at radius 2 is 2.23 bits per heavy atom. The van der Waals surface area contributed by atoms with Gasteiger partial charge in [-0.05, 0) is 49.9 Å². The van der Waals surface area contributed by atoms with Crippen LogP contribution >= 0.6 is 0 Å². The molecule has 1 aromatic heterocycles. The van der Waals surface area contributed by atoms with Crippen molar-refractivity contribution >= 4 is 11.6 Å². The summed E-state index contributed by atoms with van der Waals surface area (Å²) < 4.78 is 8.82. The number of nitrogens with zero attached hydrogens (tertiary/aromatic N) is 2. The van der Waals surface area contributed by atoms with Gasteiger partial charge in [0.2, 0.25) is 5.91 Å². The van der Waals surface area contributed by atoms with Crippen molar-refractivity contribution in [3.8, 4) is 5.75 Å². The minimum atomic E-state index is -0.0282. The van der Waals surface area contributed by atoms with E-state index in [4.69, 9.17) is 4.74 Å². The van der Waals surface area contributed by atoms with Gasteiger partial charge in [0.25, 0.3) is 0 Å². The Bertz CT molecular complexity index is 953. The summed E-state index contributed by atoms with van der Waals surface area (Å²) >= 11 is 0. The maximum Gasteiger partial charge on any atom is 0.222 e. The van der Waals surface area contributed by atoms with Crippen LogP contribution in [0.4, 0.5) is 5.69 Å². The van der Waals surface area contributed by atoms with Crippen LogP contribution < -0.4 is 20.7 Å². The normalized spacial score (nSPS) is 25.2. The predicted molar refractivity (Wildman–Crippen MR) is 120 cm³/mol. The van der Waals surface area contributed by atoms with E-state index in [2.05, 4.69) is 43.7 Å². The quantitative estimate of drug-likeness (QED) is 0.703. The highest BCUT2D eigenvalue weighted by molar-refractivity contribution is 5.78. The van der Waals surface area contributed by atoms with Crippen molar-refractivity contribution in [1.82, 2.24) is 20.2 Å². The number of rotatable bonds is 4. The van der Waals surface area contributed by atoms with E-state index in [0.717, 1.165) is 50.3 Å². The lowest BCUT2D eigenvalue weighted by Crippen LogP contribution is -2.45. The monoisotopic (exact) mass is 423 g/mol. The molecular weight excluding hydrogens is 390 g/mol. The Balaban J connectivity index is 1.31. The summed E-state index contributed by atoms with van der Waals surface area (Å²) in [5.74, 6) is 2.24. The predicted octanol–water partition coefficient (Wildman–Crippen LogP) is 3.33. The number of nitrogens with one attached hydrogen (secondary N) is 3. The second kappa shape index (κ2) is 8.54. The van der Waals surface area contributed by atoms with Crippen molar-refractivity contribution in [3.63, 3.8) is 0 Å². The fourth-order valence-corrected chi connectivity index (χ4v) is 4.93. The van der Waals surface area contributed by atoms with Crippen LogP contribution in [0.15, 0.2) is 24.4 Å². The van der Waals surface area contributed by atoms with E-state index in [0.29, 0.717) is 0 Å². The third-order valence-corrected chi connectivity index (χ3v) is 6.76. The van der Waals surface area contributed by atoms with Crippen LogP contribution in [0.1, 0.15) is 68.8 Å². The smallest absolute Gasteiger partial charge is 0.222 e. The third kappa shape index (κ3) is 4.15. The molecule has 0 spiro atoms. The van der Waals surface area contributed by atoms with E-state index in [9.17, 15) is 4.79 Å². The largest absolute Gasteiger partial charge is 0.480 e. The summed E-state index contributed by atoms with van der Waals surface area (Å²) in [5, 5.41) is 10.4. The minimum Gasteiger partial charge on any atom is -0.480 e. The molecular formula is C24H33N5O2. The Morgan fingerprint density at radius 1 is 1.32 bits per heavy atom. The van der Waals surface area contributed by atoms with Crippen molar-refractivity contribution in [2.75, 3.05) is 18.4 Å². The molecule has 5 rings (SSSR count). The van der Waals surface area contributed by atoms with Crippen LogP contribution in [0.3, 0.4) is 0 Å². The lowest BCUT2D eigenvalue weighted by atomic mass is 9.93. The van der Waals surface area contributed by atoms with Gasteiger partial charge in [0.05, 0.1) is 24.1 Å². The molecule has 0 radical (unpaired) electrons. The zero-order chi connectivity index (χ0) is 21.4. The summed E-state index contributed by atoms with van der Waals surface area (Å²) in [6, 6.07) is 6.86. The minimum absolute atomic E-state index is 0.0165. The van der Waals surface area contributed by atoms with Gasteiger partial charge in [-0.3, -0.25) is 4.79 Å². The number of hydrogen-bond donors (Lipinski definition) is 3. The van der Waals surface area contributed by atoms with Crippen molar-refractivity contribution in [2.24, 2.45) is 5.92 Å². The molecule has 7 heteroatoms. The number of benzene rings is 1. The van der Waals surface area contributed by atoms with Crippen molar-refractivity contribution < 1.29 is 9.53 Å². The Morgan fingerprint density at radius 3 is 3.10 bits per heavy atom. The van der Waals surface area contributed by atoms with Gasteiger partial charge in [0.1, 0.15) is 11.6 Å². The number of ether oxygens (including phenoxy) is 1. The van der Waals surface area contributed by atoms with E-state index < -0.39 is 0 Å². The lowest BCUT2D eigenvalue weighted by Gasteiger charge is -2.33. The number of aromatic nitrogens is 2. The maximum absolute atomic E-state index is 12.1. The number of carbonyl (C=O) groups excluding carboxylic acids is 1. The van der Waals surface area contributed by atoms with Crippen LogP contribution in [-0.2, 0) is 17.8 Å². The molecule has 4 heterocycles. The zero-order valence-electron chi connectivity index (χ0n) is 18.5. The fraction of sp³-hybridized carbons (Fsp3) is 0.583. The van der Waals surface area contributed by atoms with Crippen LogP contribution in [0.25, 0.3) is 0 Å². The standard InChI is InChI=1S/C24H33N5O2/c1-15(2)24(30)28-17-8-9-25-19(12-17)16-6-7-18-21(11-16)31-22(14-26-18)20-13-27-23-5-3-4-10-29(20)23/h6-7,11,13,15,17,19,22,25-26H,3-5,8-10,12,14H2,1-2H3,(H,28,30). The number of amides is 1. The van der Waals surface area contributed by atoms with Crippen LogP contribution in [0.5, 0.6) is 5.75 Å². The summed E-state index contributed by atoms with van der Waals surface area (Å²) in [4.78, 5) is 16.8. The second-order valence-corrected chi connectivity index (χ2v) is 9.34. The van der Waals surface area contributed by atoms with E-state index in [1.807, 2.05) is 20.0 Å². The highest BCUT2D eigenvalue weighted by Crippen LogP contribution is 2.38. The zero-order valence-corrected chi connectivity index (χ0v) is 18.5. The first-order valence-electron chi connectivity index (χ1n) is 11.7. The van der Waals surface area contributed by atoms with Gasteiger partial charge in [-0.2, -0.15) is 0 Å². The van der Waals surface area contributed by atoms with E-state index in [1.54, 1.807) is 0 Å². The molecule has 3 unspecified atom stereocenters. The van der Waals surface area contributed by atoms with Gasteiger partial charge in [-0.15, -0.1) is 0 Å². The van der Waals surface area contributed by atoms with E-state index in [1.165, 1.54) is 29.9 Å². The molecule has 1 amide bonds. The van der Waals surface area contributed by atoms with Gasteiger partial charge in [0, 0.05) is 31.0 Å². The fourth-order valence-electron chi connectivity index (χ4n) is 4.93. The number of fused-ring (bicyclic) bond motifs is 2. The number of aryl methyl sites for hydroxylation is 1. The third-order valence-electron chi connectivity index (χ3n) is 6.76. The summed E-state index contributed by atoms with van der Waals surface area (Å²) in [6.45, 7) is 6.56. The Labute approximate surface area is 184 Å². The highest BCUT2D eigenvalue weighted by atomic mass is 16.5. The first kappa shape index (κ1) is 20.4. The maximum atomic E-state index is 12.1. The first-order valence-corrected chi connectivity index (χ1v) is 11.7. The summed E-state index contributed by atoms with van der Waals surface area (Å²) in [5.41, 5.74) is 3.42. The molecule has 31 heavy (non-hydrogen) atoms. The molecule has 0 bridgehead atoms. The average Bonchev–Trinajstić information content (AvgIpc) is 3.22. The highest BCUT2D eigenvalue weighted by Gasteiger charge is 2.29. The van der Waals surface area contributed by atoms with Gasteiger partial charge < -0.3 is 25.3 Å². The molecule has 7 nitrogen and oxygen atoms in total. The van der Waals surface area contributed by atoms with Gasteiger partial charge in [-0.25, -0.2) is 4.98 Å². The molecule has 3 aliphatic heterocycles. The molecule has 1 aromatic carbocycles. The van der Waals surface area contributed by atoms with Crippen molar-refractivity contribution in [2.45, 2.75) is 70.7 Å². The molecule has 0 aliphatic carbocycles. The SMILES string of the molecule is CC(C)C(=O)NC1CCNC(c2ccc3c(c2)OC(c2cnc4n2CCCC4)CN3)C1.